The minimum Gasteiger partial charge on any atom is -0.467 e. The van der Waals surface area contributed by atoms with Gasteiger partial charge >= 0.3 is 12.1 Å². The summed E-state index contributed by atoms with van der Waals surface area (Å²) in [6.45, 7) is 4.06. The maximum absolute atomic E-state index is 13.0. The predicted molar refractivity (Wildman–Crippen MR) is 93.4 cm³/mol. The normalized spacial score (nSPS) is 16.8. The Labute approximate surface area is 159 Å². The zero-order chi connectivity index (χ0) is 20.6. The van der Waals surface area contributed by atoms with E-state index >= 15 is 0 Å². The number of hydrogen-bond donors (Lipinski definition) is 0. The van der Waals surface area contributed by atoms with Crippen molar-refractivity contribution < 1.29 is 27.5 Å². The molecule has 2 aromatic rings. The number of fused-ring (bicyclic) bond motifs is 1. The Balaban J connectivity index is 1.95. The van der Waals surface area contributed by atoms with Crippen molar-refractivity contribution in [3.63, 3.8) is 0 Å². The van der Waals surface area contributed by atoms with E-state index in [1.807, 2.05) is 18.4 Å². The van der Waals surface area contributed by atoms with Gasteiger partial charge in [-0.1, -0.05) is 0 Å². The first-order valence-corrected chi connectivity index (χ1v) is 8.74. The molecule has 1 unspecified atom stereocenters. The topological polar surface area (TPSA) is 64.4 Å². The zero-order valence-corrected chi connectivity index (χ0v) is 15.7. The number of aromatic nitrogens is 2. The average Bonchev–Trinajstić information content (AvgIpc) is 3.08. The second kappa shape index (κ2) is 7.29. The van der Waals surface area contributed by atoms with Crippen molar-refractivity contribution in [1.82, 2.24) is 14.5 Å². The summed E-state index contributed by atoms with van der Waals surface area (Å²) < 4.78 is 45.1. The van der Waals surface area contributed by atoms with Crippen LogP contribution in [0, 0.1) is 0 Å². The van der Waals surface area contributed by atoms with E-state index in [1.165, 1.54) is 12.0 Å². The lowest BCUT2D eigenvalue weighted by molar-refractivity contribution is -0.146. The minimum absolute atomic E-state index is 0.0703. The van der Waals surface area contributed by atoms with Crippen LogP contribution >= 0.6 is 0 Å². The summed E-state index contributed by atoms with van der Waals surface area (Å²) in [5, 5.41) is 0. The smallest absolute Gasteiger partial charge is 0.416 e. The van der Waals surface area contributed by atoms with E-state index in [0.717, 1.165) is 30.0 Å². The van der Waals surface area contributed by atoms with Gasteiger partial charge in [0.1, 0.15) is 6.04 Å². The molecule has 1 amide bonds. The summed E-state index contributed by atoms with van der Waals surface area (Å²) in [5.74, 6) is -1.13. The molecule has 0 saturated heterocycles. The van der Waals surface area contributed by atoms with Crippen LogP contribution in [0.15, 0.2) is 30.6 Å². The van der Waals surface area contributed by atoms with E-state index in [2.05, 4.69) is 4.98 Å². The molecular formula is C19H20F3N3O3. The molecule has 9 heteroatoms. The van der Waals surface area contributed by atoms with Crippen molar-refractivity contribution in [1.29, 1.82) is 0 Å². The predicted octanol–water partition coefficient (Wildman–Crippen LogP) is 3.22. The quantitative estimate of drug-likeness (QED) is 0.749. The third kappa shape index (κ3) is 3.61. The van der Waals surface area contributed by atoms with Gasteiger partial charge < -0.3 is 14.2 Å². The van der Waals surface area contributed by atoms with Crippen LogP contribution in [0.1, 0.15) is 47.2 Å². The van der Waals surface area contributed by atoms with Crippen molar-refractivity contribution >= 4 is 11.9 Å². The fourth-order valence-corrected chi connectivity index (χ4v) is 3.31. The van der Waals surface area contributed by atoms with Crippen LogP contribution in [0.5, 0.6) is 0 Å². The van der Waals surface area contributed by atoms with Gasteiger partial charge in [0.2, 0.25) is 0 Å². The lowest BCUT2D eigenvalue weighted by Crippen LogP contribution is -2.49. The molecule has 0 N–H and O–H groups in total. The molecule has 3 rings (SSSR count). The number of nitrogens with zero attached hydrogens (tertiary/aromatic N) is 3. The molecule has 2 heterocycles. The Morgan fingerprint density at radius 1 is 1.21 bits per heavy atom. The summed E-state index contributed by atoms with van der Waals surface area (Å²) in [4.78, 5) is 30.9. The molecule has 150 valence electrons. The fraction of sp³-hybridized carbons (Fsp3) is 0.421. The van der Waals surface area contributed by atoms with E-state index in [9.17, 15) is 22.8 Å². The highest BCUT2D eigenvalue weighted by atomic mass is 19.4. The third-order valence-corrected chi connectivity index (χ3v) is 4.82. The first-order valence-electron chi connectivity index (χ1n) is 8.74. The number of methoxy groups -OCH3 is 1. The molecule has 0 radical (unpaired) electrons. The number of benzene rings is 1. The summed E-state index contributed by atoms with van der Waals surface area (Å²) >= 11 is 0. The molecule has 1 aliphatic rings. The third-order valence-electron chi connectivity index (χ3n) is 4.82. The van der Waals surface area contributed by atoms with Gasteiger partial charge in [-0.2, -0.15) is 13.2 Å². The number of ether oxygens (including phenoxy) is 1. The number of carbonyl (C=O) groups is 2. The van der Waals surface area contributed by atoms with Gasteiger partial charge in [0, 0.05) is 18.0 Å². The van der Waals surface area contributed by atoms with Gasteiger partial charge in [-0.15, -0.1) is 0 Å². The van der Waals surface area contributed by atoms with Crippen LogP contribution in [0.25, 0.3) is 0 Å². The van der Waals surface area contributed by atoms with Crippen LogP contribution in [-0.2, 0) is 28.7 Å². The largest absolute Gasteiger partial charge is 0.467 e. The molecule has 1 atom stereocenters. The van der Waals surface area contributed by atoms with Gasteiger partial charge in [-0.05, 0) is 38.1 Å². The van der Waals surface area contributed by atoms with Gasteiger partial charge in [0.15, 0.2) is 0 Å². The summed E-state index contributed by atoms with van der Waals surface area (Å²) in [6, 6.07) is 3.17. The number of amides is 1. The van der Waals surface area contributed by atoms with E-state index < -0.39 is 29.7 Å². The van der Waals surface area contributed by atoms with Gasteiger partial charge in [-0.3, -0.25) is 4.79 Å². The minimum atomic E-state index is -4.49. The number of alkyl halides is 3. The lowest BCUT2D eigenvalue weighted by atomic mass is 10.0. The molecule has 0 aliphatic carbocycles. The molecule has 0 saturated carbocycles. The van der Waals surface area contributed by atoms with Crippen LogP contribution in [-0.4, -0.2) is 39.5 Å². The van der Waals surface area contributed by atoms with E-state index in [-0.39, 0.29) is 24.6 Å². The molecule has 0 bridgehead atoms. The van der Waals surface area contributed by atoms with Crippen molar-refractivity contribution in [2.45, 2.75) is 45.1 Å². The maximum atomic E-state index is 13.0. The molecule has 0 spiro atoms. The SMILES string of the molecule is COC(=O)C1Cc2ncn(C(C)C)c2CN1C(=O)c1ccc(C(F)(F)F)cc1. The van der Waals surface area contributed by atoms with Crippen LogP contribution in [0.2, 0.25) is 0 Å². The van der Waals surface area contributed by atoms with Gasteiger partial charge in [-0.25, -0.2) is 9.78 Å². The summed E-state index contributed by atoms with van der Waals surface area (Å²) in [5.41, 5.74) is 0.740. The average molecular weight is 395 g/mol. The lowest BCUT2D eigenvalue weighted by Gasteiger charge is -2.34. The number of imidazole rings is 1. The van der Waals surface area contributed by atoms with Crippen molar-refractivity contribution in [3.8, 4) is 0 Å². The Kier molecular flexibility index (Phi) is 5.18. The first kappa shape index (κ1) is 19.9. The van der Waals surface area contributed by atoms with E-state index in [4.69, 9.17) is 4.74 Å². The van der Waals surface area contributed by atoms with Gasteiger partial charge in [0.25, 0.3) is 5.91 Å². The van der Waals surface area contributed by atoms with Crippen LogP contribution in [0.4, 0.5) is 13.2 Å². The highest BCUT2D eigenvalue weighted by Crippen LogP contribution is 2.30. The fourth-order valence-electron chi connectivity index (χ4n) is 3.31. The van der Waals surface area contributed by atoms with E-state index in [1.54, 1.807) is 6.33 Å². The summed E-state index contributed by atoms with van der Waals surface area (Å²) in [6.07, 6.45) is -2.64. The highest BCUT2D eigenvalue weighted by Gasteiger charge is 2.38. The van der Waals surface area contributed by atoms with Crippen LogP contribution in [0.3, 0.4) is 0 Å². The Morgan fingerprint density at radius 3 is 2.39 bits per heavy atom. The number of carbonyl (C=O) groups excluding carboxylic acids is 2. The second-order valence-corrected chi connectivity index (χ2v) is 6.89. The first-order chi connectivity index (χ1) is 13.1. The molecule has 6 nitrogen and oxygen atoms in total. The Morgan fingerprint density at radius 2 is 1.86 bits per heavy atom. The van der Waals surface area contributed by atoms with E-state index in [0.29, 0.717) is 5.69 Å². The van der Waals surface area contributed by atoms with Crippen molar-refractivity contribution in [2.24, 2.45) is 0 Å². The van der Waals surface area contributed by atoms with Crippen molar-refractivity contribution in [2.75, 3.05) is 7.11 Å². The number of rotatable bonds is 3. The Bertz CT molecular complexity index is 888. The molecule has 28 heavy (non-hydrogen) atoms. The standard InChI is InChI=1S/C19H20F3N3O3/c1-11(2)25-10-23-14-8-15(18(27)28-3)24(9-16(14)25)17(26)12-4-6-13(7-5-12)19(20,21)22/h4-7,10-11,15H,8-9H2,1-3H3. The molecule has 1 aromatic heterocycles. The summed E-state index contributed by atoms with van der Waals surface area (Å²) in [7, 11) is 1.23. The zero-order valence-electron chi connectivity index (χ0n) is 15.7. The molecule has 0 fully saturated rings. The van der Waals surface area contributed by atoms with Gasteiger partial charge in [0.05, 0.1) is 36.9 Å². The molecular weight excluding hydrogens is 375 g/mol. The highest BCUT2D eigenvalue weighted by molar-refractivity contribution is 5.97. The number of halogens is 3. The number of esters is 1. The van der Waals surface area contributed by atoms with Crippen molar-refractivity contribution in [3.05, 3.63) is 53.1 Å². The Hall–Kier alpha value is -2.84. The molecule has 1 aromatic carbocycles. The molecule has 1 aliphatic heterocycles. The number of hydrogen-bond acceptors (Lipinski definition) is 4. The maximum Gasteiger partial charge on any atom is 0.416 e. The second-order valence-electron chi connectivity index (χ2n) is 6.89. The monoisotopic (exact) mass is 395 g/mol. The van der Waals surface area contributed by atoms with Crippen LogP contribution < -0.4 is 0 Å².